The lowest BCUT2D eigenvalue weighted by Crippen LogP contribution is -2.46. The van der Waals surface area contributed by atoms with E-state index in [9.17, 15) is 14.9 Å². The van der Waals surface area contributed by atoms with Crippen molar-refractivity contribution >= 4 is 11.6 Å². The van der Waals surface area contributed by atoms with Gasteiger partial charge in [-0.3, -0.25) is 14.9 Å². The van der Waals surface area contributed by atoms with Gasteiger partial charge in [0.15, 0.2) is 0 Å². The van der Waals surface area contributed by atoms with E-state index >= 15 is 0 Å². The number of carbonyl (C=O) groups is 1. The molecule has 8 nitrogen and oxygen atoms in total. The third kappa shape index (κ3) is 5.46. The molecular formula is C25H29N5O3. The van der Waals surface area contributed by atoms with E-state index in [2.05, 4.69) is 24.1 Å². The molecule has 172 valence electrons. The third-order valence-corrected chi connectivity index (χ3v) is 6.14. The number of hydrogen-bond acceptors (Lipinski definition) is 5. The van der Waals surface area contributed by atoms with Crippen molar-refractivity contribution in [2.75, 3.05) is 13.1 Å². The number of nitrogens with one attached hydrogen (secondary N) is 1. The molecule has 0 aliphatic carbocycles. The number of amides is 1. The predicted octanol–water partition coefficient (Wildman–Crippen LogP) is 3.98. The number of non-ortho nitro benzene ring substituents is 1. The number of likely N-dealkylation sites (tertiary alicyclic amines) is 1. The van der Waals surface area contributed by atoms with Crippen LogP contribution < -0.4 is 5.32 Å². The van der Waals surface area contributed by atoms with Crippen molar-refractivity contribution in [1.82, 2.24) is 20.0 Å². The zero-order valence-corrected chi connectivity index (χ0v) is 19.0. The Morgan fingerprint density at radius 3 is 2.39 bits per heavy atom. The summed E-state index contributed by atoms with van der Waals surface area (Å²) in [4.78, 5) is 25.9. The average molecular weight is 448 g/mol. The second-order valence-corrected chi connectivity index (χ2v) is 8.74. The highest BCUT2D eigenvalue weighted by molar-refractivity contribution is 5.81. The van der Waals surface area contributed by atoms with Gasteiger partial charge in [-0.1, -0.05) is 18.2 Å². The van der Waals surface area contributed by atoms with Crippen molar-refractivity contribution in [3.05, 3.63) is 76.5 Å². The van der Waals surface area contributed by atoms with Crippen molar-refractivity contribution in [2.24, 2.45) is 0 Å². The maximum atomic E-state index is 12.9. The van der Waals surface area contributed by atoms with Crippen LogP contribution in [0, 0.1) is 10.1 Å². The van der Waals surface area contributed by atoms with Crippen LogP contribution in [0.3, 0.4) is 0 Å². The molecule has 1 amide bonds. The SMILES string of the molecule is CC(C)N1CCC(NC(=O)Cc2cn(-c3ccccc3)nc2-c2ccc([N+](=O)[O-])cc2)CC1. The quantitative estimate of drug-likeness (QED) is 0.437. The van der Waals surface area contributed by atoms with E-state index in [1.165, 1.54) is 12.1 Å². The van der Waals surface area contributed by atoms with E-state index in [0.717, 1.165) is 42.7 Å². The van der Waals surface area contributed by atoms with Gasteiger partial charge in [-0.25, -0.2) is 4.68 Å². The summed E-state index contributed by atoms with van der Waals surface area (Å²) in [7, 11) is 0. The number of benzene rings is 2. The molecular weight excluding hydrogens is 418 g/mol. The predicted molar refractivity (Wildman–Crippen MR) is 127 cm³/mol. The Hall–Kier alpha value is -3.52. The Balaban J connectivity index is 1.54. The zero-order chi connectivity index (χ0) is 23.4. The Morgan fingerprint density at radius 2 is 1.79 bits per heavy atom. The smallest absolute Gasteiger partial charge is 0.269 e. The third-order valence-electron chi connectivity index (χ3n) is 6.14. The van der Waals surface area contributed by atoms with Crippen LogP contribution in [-0.4, -0.2) is 50.7 Å². The number of nitro benzene ring substituents is 1. The summed E-state index contributed by atoms with van der Waals surface area (Å²) in [6.07, 6.45) is 3.96. The Morgan fingerprint density at radius 1 is 1.12 bits per heavy atom. The van der Waals surface area contributed by atoms with Gasteiger partial charge in [0.1, 0.15) is 0 Å². The maximum absolute atomic E-state index is 12.9. The fourth-order valence-corrected chi connectivity index (χ4v) is 4.25. The first-order valence-corrected chi connectivity index (χ1v) is 11.3. The minimum Gasteiger partial charge on any atom is -0.353 e. The van der Waals surface area contributed by atoms with Crippen molar-refractivity contribution in [3.8, 4) is 16.9 Å². The summed E-state index contributed by atoms with van der Waals surface area (Å²) in [6, 6.07) is 16.7. The van der Waals surface area contributed by atoms with E-state index in [1.807, 2.05) is 36.5 Å². The highest BCUT2D eigenvalue weighted by Gasteiger charge is 2.23. The number of nitrogens with zero attached hydrogens (tertiary/aromatic N) is 4. The number of aromatic nitrogens is 2. The van der Waals surface area contributed by atoms with Crippen LogP contribution in [0.15, 0.2) is 60.8 Å². The number of carbonyl (C=O) groups excluding carboxylic acids is 1. The molecule has 2 aromatic carbocycles. The highest BCUT2D eigenvalue weighted by atomic mass is 16.6. The maximum Gasteiger partial charge on any atom is 0.269 e. The van der Waals surface area contributed by atoms with Crippen LogP contribution >= 0.6 is 0 Å². The Labute approximate surface area is 193 Å². The number of hydrogen-bond donors (Lipinski definition) is 1. The molecule has 1 aliphatic rings. The minimum absolute atomic E-state index is 0.0216. The van der Waals surface area contributed by atoms with E-state index in [4.69, 9.17) is 5.10 Å². The molecule has 1 aliphatic heterocycles. The molecule has 1 aromatic heterocycles. The van der Waals surface area contributed by atoms with Gasteiger partial charge in [0.2, 0.25) is 5.91 Å². The average Bonchev–Trinajstić information content (AvgIpc) is 3.23. The van der Waals surface area contributed by atoms with E-state index in [0.29, 0.717) is 11.7 Å². The zero-order valence-electron chi connectivity index (χ0n) is 19.0. The summed E-state index contributed by atoms with van der Waals surface area (Å²) >= 11 is 0. The first-order chi connectivity index (χ1) is 15.9. The molecule has 1 saturated heterocycles. The summed E-state index contributed by atoms with van der Waals surface area (Å²) < 4.78 is 1.75. The van der Waals surface area contributed by atoms with Crippen molar-refractivity contribution in [3.63, 3.8) is 0 Å². The van der Waals surface area contributed by atoms with Gasteiger partial charge in [0.05, 0.1) is 22.7 Å². The fraction of sp³-hybridized carbons (Fsp3) is 0.360. The number of nitro groups is 1. The molecule has 0 atom stereocenters. The van der Waals surface area contributed by atoms with Gasteiger partial charge >= 0.3 is 0 Å². The lowest BCUT2D eigenvalue weighted by Gasteiger charge is -2.34. The summed E-state index contributed by atoms with van der Waals surface area (Å²) in [6.45, 7) is 6.37. The minimum atomic E-state index is -0.425. The molecule has 1 fully saturated rings. The molecule has 3 aromatic rings. The summed E-state index contributed by atoms with van der Waals surface area (Å²) in [5.74, 6) is -0.0335. The molecule has 0 spiro atoms. The molecule has 0 radical (unpaired) electrons. The topological polar surface area (TPSA) is 93.3 Å². The molecule has 8 heteroatoms. The first-order valence-electron chi connectivity index (χ1n) is 11.3. The summed E-state index contributed by atoms with van der Waals surface area (Å²) in [5.41, 5.74) is 3.08. The molecule has 4 rings (SSSR count). The fourth-order valence-electron chi connectivity index (χ4n) is 4.25. The number of para-hydroxylation sites is 1. The van der Waals surface area contributed by atoms with Gasteiger partial charge < -0.3 is 10.2 Å². The molecule has 2 heterocycles. The van der Waals surface area contributed by atoms with Gasteiger partial charge in [0, 0.05) is 54.6 Å². The Kier molecular flexibility index (Phi) is 6.84. The van der Waals surface area contributed by atoms with Crippen LogP contribution in [0.5, 0.6) is 0 Å². The van der Waals surface area contributed by atoms with Crippen LogP contribution in [0.2, 0.25) is 0 Å². The molecule has 0 saturated carbocycles. The number of piperidine rings is 1. The standard InChI is InChI=1S/C25H29N5O3/c1-18(2)28-14-12-21(13-15-28)26-24(31)16-20-17-29(22-6-4-3-5-7-22)27-25(20)19-8-10-23(11-9-19)30(32)33/h3-11,17-18,21H,12-16H2,1-2H3,(H,26,31). The molecule has 33 heavy (non-hydrogen) atoms. The van der Waals surface area contributed by atoms with Crippen LogP contribution in [0.1, 0.15) is 32.3 Å². The van der Waals surface area contributed by atoms with Crippen molar-refractivity contribution in [2.45, 2.75) is 45.2 Å². The monoisotopic (exact) mass is 447 g/mol. The van der Waals surface area contributed by atoms with Gasteiger partial charge in [-0.2, -0.15) is 5.10 Å². The van der Waals surface area contributed by atoms with Crippen molar-refractivity contribution < 1.29 is 9.72 Å². The normalized spacial score (nSPS) is 15.0. The van der Waals surface area contributed by atoms with E-state index < -0.39 is 4.92 Å². The Bertz CT molecular complexity index is 1100. The first kappa shape index (κ1) is 22.7. The van der Waals surface area contributed by atoms with Gasteiger partial charge in [-0.15, -0.1) is 0 Å². The highest BCUT2D eigenvalue weighted by Crippen LogP contribution is 2.26. The molecule has 0 unspecified atom stereocenters. The summed E-state index contributed by atoms with van der Waals surface area (Å²) in [5, 5.41) is 18.9. The van der Waals surface area contributed by atoms with Crippen molar-refractivity contribution in [1.29, 1.82) is 0 Å². The molecule has 1 N–H and O–H groups in total. The molecule has 0 bridgehead atoms. The lowest BCUT2D eigenvalue weighted by molar-refractivity contribution is -0.384. The van der Waals surface area contributed by atoms with Gasteiger partial charge in [0.25, 0.3) is 5.69 Å². The lowest BCUT2D eigenvalue weighted by atomic mass is 10.0. The van der Waals surface area contributed by atoms with Gasteiger partial charge in [-0.05, 0) is 51.0 Å². The van der Waals surface area contributed by atoms with E-state index in [-0.39, 0.29) is 24.1 Å². The largest absolute Gasteiger partial charge is 0.353 e. The van der Waals surface area contributed by atoms with Crippen LogP contribution in [-0.2, 0) is 11.2 Å². The van der Waals surface area contributed by atoms with Crippen LogP contribution in [0.4, 0.5) is 5.69 Å². The number of rotatable bonds is 7. The van der Waals surface area contributed by atoms with E-state index in [1.54, 1.807) is 16.8 Å². The second-order valence-electron chi connectivity index (χ2n) is 8.74. The van der Waals surface area contributed by atoms with Crippen LogP contribution in [0.25, 0.3) is 16.9 Å². The second kappa shape index (κ2) is 9.95.